The van der Waals surface area contributed by atoms with Crippen LogP contribution in [0.5, 0.6) is 0 Å². The molecule has 3 nitrogen and oxygen atoms in total. The SMILES string of the molecule is O=S(=O)(O)c1ccccc1P(c1ccccc1)c1scc2ccccc12. The molecule has 1 heterocycles. The number of thiophene rings is 1. The molecule has 0 bridgehead atoms. The average Bonchev–Trinajstić information content (AvgIpc) is 3.07. The van der Waals surface area contributed by atoms with E-state index in [1.807, 2.05) is 48.5 Å². The van der Waals surface area contributed by atoms with Crippen LogP contribution in [0.25, 0.3) is 10.8 Å². The van der Waals surface area contributed by atoms with Gasteiger partial charge in [-0.1, -0.05) is 72.8 Å². The normalized spacial score (nSPS) is 13.0. The Morgan fingerprint density at radius 2 is 1.46 bits per heavy atom. The standard InChI is InChI=1S/C20H15O3PS2/c21-26(22,23)19-13-7-6-12-18(19)24(16-9-2-1-3-10-16)20-17-11-5-4-8-15(17)14-25-20/h1-14H,(H,21,22,23). The lowest BCUT2D eigenvalue weighted by Crippen LogP contribution is -2.23. The van der Waals surface area contributed by atoms with E-state index in [0.717, 1.165) is 20.7 Å². The summed E-state index contributed by atoms with van der Waals surface area (Å²) in [7, 11) is -5.42. The summed E-state index contributed by atoms with van der Waals surface area (Å²) in [5.74, 6) is 0. The summed E-state index contributed by atoms with van der Waals surface area (Å²) in [6.45, 7) is 0. The molecule has 0 amide bonds. The molecule has 0 saturated carbocycles. The number of rotatable bonds is 4. The zero-order valence-electron chi connectivity index (χ0n) is 13.6. The lowest BCUT2D eigenvalue weighted by Gasteiger charge is -2.20. The third-order valence-electron chi connectivity index (χ3n) is 4.09. The van der Waals surface area contributed by atoms with Crippen molar-refractivity contribution < 1.29 is 13.0 Å². The van der Waals surface area contributed by atoms with E-state index < -0.39 is 18.0 Å². The first-order valence-electron chi connectivity index (χ1n) is 7.93. The highest BCUT2D eigenvalue weighted by molar-refractivity contribution is 7.89. The topological polar surface area (TPSA) is 54.4 Å². The maximum atomic E-state index is 12.0. The largest absolute Gasteiger partial charge is 0.295 e. The van der Waals surface area contributed by atoms with Gasteiger partial charge in [-0.2, -0.15) is 8.42 Å². The summed E-state index contributed by atoms with van der Waals surface area (Å²) in [6, 6.07) is 24.7. The minimum Gasteiger partial charge on any atom is -0.282 e. The van der Waals surface area contributed by atoms with Crippen LogP contribution in [-0.2, 0) is 10.1 Å². The number of hydrogen-bond donors (Lipinski definition) is 1. The Labute approximate surface area is 157 Å². The van der Waals surface area contributed by atoms with E-state index in [-0.39, 0.29) is 4.90 Å². The molecule has 1 unspecified atom stereocenters. The molecule has 4 aromatic rings. The maximum absolute atomic E-state index is 12.0. The molecule has 26 heavy (non-hydrogen) atoms. The molecule has 1 aromatic heterocycles. The van der Waals surface area contributed by atoms with Gasteiger partial charge in [-0.05, 0) is 30.1 Å². The zero-order valence-corrected chi connectivity index (χ0v) is 16.1. The Morgan fingerprint density at radius 1 is 0.808 bits per heavy atom. The van der Waals surface area contributed by atoms with Gasteiger partial charge in [-0.3, -0.25) is 4.55 Å². The first-order chi connectivity index (χ1) is 12.6. The van der Waals surface area contributed by atoms with Gasteiger partial charge in [-0.25, -0.2) is 0 Å². The Morgan fingerprint density at radius 3 is 2.23 bits per heavy atom. The minimum atomic E-state index is -4.31. The Hall–Kier alpha value is -2.04. The highest BCUT2D eigenvalue weighted by atomic mass is 32.2. The van der Waals surface area contributed by atoms with Crippen molar-refractivity contribution in [3.63, 3.8) is 0 Å². The van der Waals surface area contributed by atoms with E-state index in [9.17, 15) is 13.0 Å². The summed E-state index contributed by atoms with van der Waals surface area (Å²) in [5.41, 5.74) is 0. The van der Waals surface area contributed by atoms with Crippen molar-refractivity contribution in [2.45, 2.75) is 4.90 Å². The van der Waals surface area contributed by atoms with Crippen molar-refractivity contribution in [1.82, 2.24) is 0 Å². The molecule has 1 atom stereocenters. The van der Waals surface area contributed by atoms with Gasteiger partial charge in [0.15, 0.2) is 0 Å². The lowest BCUT2D eigenvalue weighted by atomic mass is 10.2. The maximum Gasteiger partial charge on any atom is 0.295 e. The first-order valence-corrected chi connectivity index (χ1v) is 11.6. The highest BCUT2D eigenvalue weighted by Crippen LogP contribution is 2.40. The van der Waals surface area contributed by atoms with Gasteiger partial charge in [0.1, 0.15) is 4.90 Å². The fourth-order valence-corrected chi connectivity index (χ4v) is 8.28. The van der Waals surface area contributed by atoms with E-state index >= 15 is 0 Å². The van der Waals surface area contributed by atoms with Gasteiger partial charge in [0.2, 0.25) is 0 Å². The summed E-state index contributed by atoms with van der Waals surface area (Å²) in [4.78, 5) is -0.0209. The van der Waals surface area contributed by atoms with Crippen molar-refractivity contribution in [2.75, 3.05) is 0 Å². The van der Waals surface area contributed by atoms with E-state index in [1.54, 1.807) is 23.5 Å². The summed E-state index contributed by atoms with van der Waals surface area (Å²) in [5, 5.41) is 6.05. The van der Waals surface area contributed by atoms with Crippen LogP contribution in [0.2, 0.25) is 0 Å². The molecule has 0 spiro atoms. The monoisotopic (exact) mass is 398 g/mol. The second-order valence-corrected chi connectivity index (χ2v) is 10.4. The quantitative estimate of drug-likeness (QED) is 0.419. The van der Waals surface area contributed by atoms with Crippen molar-refractivity contribution in [1.29, 1.82) is 0 Å². The predicted molar refractivity (Wildman–Crippen MR) is 110 cm³/mol. The van der Waals surface area contributed by atoms with Crippen LogP contribution in [0, 0.1) is 0 Å². The van der Waals surface area contributed by atoms with Gasteiger partial charge >= 0.3 is 0 Å². The molecule has 3 aromatic carbocycles. The molecule has 0 radical (unpaired) electrons. The molecule has 4 rings (SSSR count). The fraction of sp³-hybridized carbons (Fsp3) is 0. The van der Waals surface area contributed by atoms with Crippen LogP contribution in [0.1, 0.15) is 0 Å². The molecule has 0 saturated heterocycles. The van der Waals surface area contributed by atoms with Gasteiger partial charge in [0.05, 0.1) is 0 Å². The van der Waals surface area contributed by atoms with Crippen LogP contribution >= 0.6 is 19.3 Å². The molecule has 0 fully saturated rings. The van der Waals surface area contributed by atoms with Crippen molar-refractivity contribution in [2.24, 2.45) is 0 Å². The Bertz CT molecular complexity index is 1170. The zero-order chi connectivity index (χ0) is 18.1. The second kappa shape index (κ2) is 6.93. The Balaban J connectivity index is 2.03. The minimum absolute atomic E-state index is 0.0209. The summed E-state index contributed by atoms with van der Waals surface area (Å²) in [6.07, 6.45) is 0. The molecule has 0 aliphatic heterocycles. The number of benzene rings is 3. The highest BCUT2D eigenvalue weighted by Gasteiger charge is 2.26. The van der Waals surface area contributed by atoms with Crippen molar-refractivity contribution in [3.8, 4) is 0 Å². The van der Waals surface area contributed by atoms with Crippen LogP contribution in [0.15, 0.2) is 89.1 Å². The molecular weight excluding hydrogens is 383 g/mol. The third-order valence-corrected chi connectivity index (χ3v) is 9.17. The van der Waals surface area contributed by atoms with Crippen LogP contribution in [0.3, 0.4) is 0 Å². The van der Waals surface area contributed by atoms with E-state index in [2.05, 4.69) is 17.5 Å². The van der Waals surface area contributed by atoms with Gasteiger partial charge in [0, 0.05) is 15.3 Å². The van der Waals surface area contributed by atoms with E-state index in [0.29, 0.717) is 5.30 Å². The van der Waals surface area contributed by atoms with Crippen molar-refractivity contribution >= 4 is 55.4 Å². The van der Waals surface area contributed by atoms with E-state index in [1.165, 1.54) is 6.07 Å². The fourth-order valence-electron chi connectivity index (χ4n) is 2.95. The van der Waals surface area contributed by atoms with Crippen LogP contribution < -0.4 is 15.2 Å². The molecule has 0 aliphatic rings. The van der Waals surface area contributed by atoms with Gasteiger partial charge in [0.25, 0.3) is 10.1 Å². The third kappa shape index (κ3) is 3.19. The average molecular weight is 398 g/mol. The summed E-state index contributed by atoms with van der Waals surface area (Å²) < 4.78 is 34.9. The number of hydrogen-bond acceptors (Lipinski definition) is 3. The molecular formula is C20H15O3PS2. The van der Waals surface area contributed by atoms with Gasteiger partial charge < -0.3 is 0 Å². The Kier molecular flexibility index (Phi) is 4.63. The number of fused-ring (bicyclic) bond motifs is 1. The molecule has 6 heteroatoms. The van der Waals surface area contributed by atoms with Gasteiger partial charge in [-0.15, -0.1) is 11.3 Å². The second-order valence-electron chi connectivity index (χ2n) is 5.74. The van der Waals surface area contributed by atoms with E-state index in [4.69, 9.17) is 0 Å². The predicted octanol–water partition coefficient (Wildman–Crippen LogP) is 3.91. The molecule has 130 valence electrons. The van der Waals surface area contributed by atoms with Crippen LogP contribution in [0.4, 0.5) is 0 Å². The summed E-state index contributed by atoms with van der Waals surface area (Å²) >= 11 is 1.63. The smallest absolute Gasteiger partial charge is 0.282 e. The lowest BCUT2D eigenvalue weighted by molar-refractivity contribution is 0.484. The van der Waals surface area contributed by atoms with Crippen molar-refractivity contribution in [3.05, 3.63) is 84.2 Å². The first kappa shape index (κ1) is 17.4. The van der Waals surface area contributed by atoms with Crippen LogP contribution in [-0.4, -0.2) is 13.0 Å². The molecule has 1 N–H and O–H groups in total. The molecule has 0 aliphatic carbocycles.